The highest BCUT2D eigenvalue weighted by Gasteiger charge is 2.36. The van der Waals surface area contributed by atoms with Gasteiger partial charge in [0.1, 0.15) is 0 Å². The second-order valence-electron chi connectivity index (χ2n) is 5.88. The van der Waals surface area contributed by atoms with Crippen LogP contribution in [-0.4, -0.2) is 52.9 Å². The number of aromatic hydroxyl groups is 1. The van der Waals surface area contributed by atoms with Crippen molar-refractivity contribution in [1.29, 1.82) is 0 Å². The third-order valence-corrected chi connectivity index (χ3v) is 4.10. The largest absolute Gasteiger partial charge is 0.504 e. The standard InChI is InChI=1S/C16H18F2N4O4/c1-25-12-3-2-9(6-11(12)23)4-5-19-16(24)22-7-10(8-22)15-20-14(13(17)18)21-26-15/h2-3,6,10,13,23H,4-5,7-8H2,1H3,(H,19,24). The first-order valence-corrected chi connectivity index (χ1v) is 7.98. The summed E-state index contributed by atoms with van der Waals surface area (Å²) in [7, 11) is 1.47. The fourth-order valence-corrected chi connectivity index (χ4v) is 2.62. The number of hydrogen-bond acceptors (Lipinski definition) is 6. The lowest BCUT2D eigenvalue weighted by Gasteiger charge is -2.36. The molecule has 3 rings (SSSR count). The minimum absolute atomic E-state index is 0.0460. The fraction of sp³-hybridized carbons (Fsp3) is 0.438. The van der Waals surface area contributed by atoms with Crippen molar-refractivity contribution < 1.29 is 27.9 Å². The summed E-state index contributed by atoms with van der Waals surface area (Å²) in [5.74, 6) is -0.298. The van der Waals surface area contributed by atoms with E-state index in [1.165, 1.54) is 12.0 Å². The van der Waals surface area contributed by atoms with Crippen LogP contribution in [0.2, 0.25) is 0 Å². The molecular formula is C16H18F2N4O4. The summed E-state index contributed by atoms with van der Waals surface area (Å²) in [5.41, 5.74) is 0.857. The predicted octanol–water partition coefficient (Wildman–Crippen LogP) is 2.07. The Hall–Kier alpha value is -2.91. The van der Waals surface area contributed by atoms with Crippen LogP contribution in [-0.2, 0) is 6.42 Å². The van der Waals surface area contributed by atoms with Gasteiger partial charge in [0.2, 0.25) is 11.7 Å². The lowest BCUT2D eigenvalue weighted by Crippen LogP contribution is -2.52. The van der Waals surface area contributed by atoms with Gasteiger partial charge in [-0.2, -0.15) is 4.98 Å². The number of benzene rings is 1. The minimum Gasteiger partial charge on any atom is -0.504 e. The molecule has 1 aromatic carbocycles. The number of methoxy groups -OCH3 is 1. The Morgan fingerprint density at radius 2 is 2.27 bits per heavy atom. The van der Waals surface area contributed by atoms with Gasteiger partial charge in [0, 0.05) is 19.6 Å². The van der Waals surface area contributed by atoms with E-state index < -0.39 is 12.2 Å². The third-order valence-electron chi connectivity index (χ3n) is 4.10. The number of rotatable bonds is 6. The van der Waals surface area contributed by atoms with E-state index in [2.05, 4.69) is 15.5 Å². The monoisotopic (exact) mass is 368 g/mol. The van der Waals surface area contributed by atoms with Gasteiger partial charge in [-0.3, -0.25) is 0 Å². The number of carbonyl (C=O) groups is 1. The maximum atomic E-state index is 12.4. The molecule has 2 heterocycles. The predicted molar refractivity (Wildman–Crippen MR) is 85.3 cm³/mol. The first kappa shape index (κ1) is 17.9. The quantitative estimate of drug-likeness (QED) is 0.810. The number of alkyl halides is 2. The summed E-state index contributed by atoms with van der Waals surface area (Å²) < 4.78 is 34.6. The lowest BCUT2D eigenvalue weighted by molar-refractivity contribution is 0.134. The highest BCUT2D eigenvalue weighted by molar-refractivity contribution is 5.75. The number of halogens is 2. The highest BCUT2D eigenvalue weighted by Crippen LogP contribution is 2.28. The van der Waals surface area contributed by atoms with E-state index in [9.17, 15) is 18.7 Å². The van der Waals surface area contributed by atoms with Crippen molar-refractivity contribution >= 4 is 6.03 Å². The molecule has 0 saturated carbocycles. The summed E-state index contributed by atoms with van der Waals surface area (Å²) in [6.07, 6.45) is -2.23. The number of likely N-dealkylation sites (tertiary alicyclic amines) is 1. The van der Waals surface area contributed by atoms with Crippen LogP contribution in [0.3, 0.4) is 0 Å². The smallest absolute Gasteiger partial charge is 0.317 e. The molecule has 1 fully saturated rings. The lowest BCUT2D eigenvalue weighted by atomic mass is 10.0. The molecule has 0 radical (unpaired) electrons. The zero-order chi connectivity index (χ0) is 18.7. The zero-order valence-electron chi connectivity index (χ0n) is 14.0. The van der Waals surface area contributed by atoms with Crippen LogP contribution in [0.15, 0.2) is 22.7 Å². The summed E-state index contributed by atoms with van der Waals surface area (Å²) in [6.45, 7) is 1.06. The van der Waals surface area contributed by atoms with Gasteiger partial charge in [0.25, 0.3) is 0 Å². The van der Waals surface area contributed by atoms with Crippen LogP contribution in [0, 0.1) is 0 Å². The Labute approximate surface area is 147 Å². The average Bonchev–Trinajstić information content (AvgIpc) is 3.03. The summed E-state index contributed by atoms with van der Waals surface area (Å²) in [6, 6.07) is 4.79. The number of ether oxygens (including phenoxy) is 1. The number of nitrogens with one attached hydrogen (secondary N) is 1. The number of amides is 2. The molecule has 1 aromatic heterocycles. The van der Waals surface area contributed by atoms with Crippen molar-refractivity contribution in [2.24, 2.45) is 0 Å². The van der Waals surface area contributed by atoms with E-state index >= 15 is 0 Å². The summed E-state index contributed by atoms with van der Waals surface area (Å²) >= 11 is 0. The van der Waals surface area contributed by atoms with Crippen LogP contribution in [0.25, 0.3) is 0 Å². The molecule has 0 unspecified atom stereocenters. The van der Waals surface area contributed by atoms with Gasteiger partial charge < -0.3 is 24.6 Å². The molecule has 1 aliphatic heterocycles. The molecule has 0 spiro atoms. The van der Waals surface area contributed by atoms with Crippen LogP contribution >= 0.6 is 0 Å². The fourth-order valence-electron chi connectivity index (χ4n) is 2.62. The Morgan fingerprint density at radius 1 is 1.50 bits per heavy atom. The first-order valence-electron chi connectivity index (χ1n) is 7.98. The van der Waals surface area contributed by atoms with Crippen molar-refractivity contribution in [2.45, 2.75) is 18.8 Å². The van der Waals surface area contributed by atoms with E-state index in [0.717, 1.165) is 5.56 Å². The van der Waals surface area contributed by atoms with E-state index in [1.54, 1.807) is 18.2 Å². The molecule has 2 N–H and O–H groups in total. The topological polar surface area (TPSA) is 101 Å². The van der Waals surface area contributed by atoms with Gasteiger partial charge in [-0.25, -0.2) is 13.6 Å². The van der Waals surface area contributed by atoms with Gasteiger partial charge in [-0.05, 0) is 24.1 Å². The van der Waals surface area contributed by atoms with E-state index in [0.29, 0.717) is 31.8 Å². The number of phenolic OH excluding ortho intramolecular Hbond substituents is 1. The van der Waals surface area contributed by atoms with Crippen LogP contribution in [0.1, 0.15) is 29.6 Å². The second kappa shape index (κ2) is 7.54. The number of phenols is 1. The number of urea groups is 1. The molecule has 2 amide bonds. The first-order chi connectivity index (χ1) is 12.5. The Kier molecular flexibility index (Phi) is 5.19. The van der Waals surface area contributed by atoms with Gasteiger partial charge in [-0.1, -0.05) is 11.2 Å². The maximum Gasteiger partial charge on any atom is 0.317 e. The molecule has 0 aliphatic carbocycles. The SMILES string of the molecule is COc1ccc(CCNC(=O)N2CC(c3nc(C(F)F)no3)C2)cc1O. The van der Waals surface area contributed by atoms with E-state index in [-0.39, 0.29) is 23.6 Å². The van der Waals surface area contributed by atoms with Crippen LogP contribution in [0.5, 0.6) is 11.5 Å². The minimum atomic E-state index is -2.77. The summed E-state index contributed by atoms with van der Waals surface area (Å²) in [5, 5.41) is 15.7. The Morgan fingerprint density at radius 3 is 2.88 bits per heavy atom. The van der Waals surface area contributed by atoms with Crippen molar-refractivity contribution in [3.8, 4) is 11.5 Å². The zero-order valence-corrected chi connectivity index (χ0v) is 14.0. The molecule has 8 nitrogen and oxygen atoms in total. The number of nitrogens with zero attached hydrogens (tertiary/aromatic N) is 3. The average molecular weight is 368 g/mol. The van der Waals surface area contributed by atoms with Gasteiger partial charge in [-0.15, -0.1) is 0 Å². The van der Waals surface area contributed by atoms with Gasteiger partial charge in [0.05, 0.1) is 13.0 Å². The molecule has 0 atom stereocenters. The Bertz CT molecular complexity index is 777. The maximum absolute atomic E-state index is 12.4. The normalized spacial score (nSPS) is 14.4. The molecule has 1 aliphatic rings. The number of hydrogen-bond donors (Lipinski definition) is 2. The van der Waals surface area contributed by atoms with Crippen molar-refractivity contribution in [3.63, 3.8) is 0 Å². The molecule has 10 heteroatoms. The Balaban J connectivity index is 1.42. The molecule has 2 aromatic rings. The molecule has 1 saturated heterocycles. The molecular weight excluding hydrogens is 350 g/mol. The van der Waals surface area contributed by atoms with Crippen LogP contribution < -0.4 is 10.1 Å². The molecule has 0 bridgehead atoms. The van der Waals surface area contributed by atoms with Crippen molar-refractivity contribution in [2.75, 3.05) is 26.7 Å². The van der Waals surface area contributed by atoms with Gasteiger partial charge in [0.15, 0.2) is 11.5 Å². The van der Waals surface area contributed by atoms with Crippen molar-refractivity contribution in [3.05, 3.63) is 35.5 Å². The van der Waals surface area contributed by atoms with E-state index in [4.69, 9.17) is 9.26 Å². The van der Waals surface area contributed by atoms with Crippen LogP contribution in [0.4, 0.5) is 13.6 Å². The summed E-state index contributed by atoms with van der Waals surface area (Å²) in [4.78, 5) is 17.2. The third kappa shape index (κ3) is 3.84. The number of carbonyl (C=O) groups excluding carboxylic acids is 1. The molecule has 140 valence electrons. The number of aromatic nitrogens is 2. The van der Waals surface area contributed by atoms with Gasteiger partial charge >= 0.3 is 12.5 Å². The molecule has 26 heavy (non-hydrogen) atoms. The van der Waals surface area contributed by atoms with E-state index in [1.807, 2.05) is 0 Å². The second-order valence-corrected chi connectivity index (χ2v) is 5.88. The highest BCUT2D eigenvalue weighted by atomic mass is 19.3. The van der Waals surface area contributed by atoms with Crippen molar-refractivity contribution in [1.82, 2.24) is 20.4 Å².